The van der Waals surface area contributed by atoms with Crippen LogP contribution in [-0.4, -0.2) is 7.85 Å². The van der Waals surface area contributed by atoms with Crippen LogP contribution < -0.4 is 0 Å². The van der Waals surface area contributed by atoms with Crippen molar-refractivity contribution in [2.75, 3.05) is 0 Å². The van der Waals surface area contributed by atoms with E-state index >= 15 is 0 Å². The highest BCUT2D eigenvalue weighted by molar-refractivity contribution is 6.17. The predicted octanol–water partition coefficient (Wildman–Crippen LogP) is 4.69. The van der Waals surface area contributed by atoms with Gasteiger partial charge in [-0.05, 0) is 36.5 Å². The van der Waals surface area contributed by atoms with Gasteiger partial charge in [-0.1, -0.05) is 59.0 Å². The molecular weight excluding hydrogens is 203 g/mol. The molecule has 0 aromatic carbocycles. The standard InChI is InChI=1S/C16H31B/c1-15(2)9-7-5-4-6-8-10-16(3,12-11-15)13-14-17/h13-14H,4-12,17H2,1-3H3/b14-13+. The molecule has 0 amide bonds. The van der Waals surface area contributed by atoms with Crippen LogP contribution in [-0.2, 0) is 0 Å². The van der Waals surface area contributed by atoms with Crippen molar-refractivity contribution in [3.63, 3.8) is 0 Å². The van der Waals surface area contributed by atoms with E-state index in [0.29, 0.717) is 10.8 Å². The zero-order valence-corrected chi connectivity index (χ0v) is 12.5. The van der Waals surface area contributed by atoms with Crippen molar-refractivity contribution in [2.45, 2.75) is 78.6 Å². The minimum absolute atomic E-state index is 0.455. The second kappa shape index (κ2) is 6.66. The Balaban J connectivity index is 2.65. The quantitative estimate of drug-likeness (QED) is 0.577. The third-order valence-corrected chi connectivity index (χ3v) is 4.54. The van der Waals surface area contributed by atoms with Crippen molar-refractivity contribution >= 4 is 7.85 Å². The van der Waals surface area contributed by atoms with Gasteiger partial charge in [0.15, 0.2) is 0 Å². The molecular formula is C16H31B. The van der Waals surface area contributed by atoms with Crippen LogP contribution >= 0.6 is 0 Å². The second-order valence-corrected chi connectivity index (χ2v) is 7.09. The summed E-state index contributed by atoms with van der Waals surface area (Å²) in [6.45, 7) is 7.38. The molecule has 0 aliphatic heterocycles. The van der Waals surface area contributed by atoms with Gasteiger partial charge >= 0.3 is 0 Å². The van der Waals surface area contributed by atoms with Crippen LogP contribution in [0.25, 0.3) is 0 Å². The summed E-state index contributed by atoms with van der Waals surface area (Å²) < 4.78 is 0. The van der Waals surface area contributed by atoms with Gasteiger partial charge < -0.3 is 0 Å². The Morgan fingerprint density at radius 2 is 1.35 bits per heavy atom. The van der Waals surface area contributed by atoms with Crippen LogP contribution in [0.15, 0.2) is 12.1 Å². The largest absolute Gasteiger partial charge is 0.129 e. The fourth-order valence-electron chi connectivity index (χ4n) is 3.11. The van der Waals surface area contributed by atoms with Gasteiger partial charge in [-0.15, -0.1) is 5.98 Å². The molecule has 0 bridgehead atoms. The van der Waals surface area contributed by atoms with Crippen molar-refractivity contribution in [1.82, 2.24) is 0 Å². The molecule has 0 nitrogen and oxygen atoms in total. The van der Waals surface area contributed by atoms with Crippen molar-refractivity contribution in [2.24, 2.45) is 10.8 Å². The first-order valence-corrected chi connectivity index (χ1v) is 7.61. The van der Waals surface area contributed by atoms with E-state index in [0.717, 1.165) is 0 Å². The Kier molecular flexibility index (Phi) is 5.82. The molecule has 1 unspecified atom stereocenters. The van der Waals surface area contributed by atoms with E-state index in [9.17, 15) is 0 Å². The molecule has 0 saturated heterocycles. The lowest BCUT2D eigenvalue weighted by atomic mass is 9.73. The van der Waals surface area contributed by atoms with Crippen LogP contribution in [0.3, 0.4) is 0 Å². The number of hydrogen-bond acceptors (Lipinski definition) is 0. The fraction of sp³-hybridized carbons (Fsp3) is 0.875. The Labute approximate surface area is 110 Å². The highest BCUT2D eigenvalue weighted by Gasteiger charge is 2.25. The highest BCUT2D eigenvalue weighted by atomic mass is 14.3. The predicted molar refractivity (Wildman–Crippen MR) is 81.1 cm³/mol. The SMILES string of the molecule is B/C=C/C1(C)CCCCCCCC(C)(C)CC1. The summed E-state index contributed by atoms with van der Waals surface area (Å²) in [7, 11) is 2.17. The first kappa shape index (κ1) is 14.9. The average Bonchev–Trinajstić information content (AvgIpc) is 2.28. The summed E-state index contributed by atoms with van der Waals surface area (Å²) in [5, 5.41) is 0. The topological polar surface area (TPSA) is 0 Å². The lowest BCUT2D eigenvalue weighted by Gasteiger charge is -2.32. The third kappa shape index (κ3) is 5.79. The van der Waals surface area contributed by atoms with Crippen molar-refractivity contribution in [3.8, 4) is 0 Å². The van der Waals surface area contributed by atoms with E-state index in [1.54, 1.807) is 0 Å². The van der Waals surface area contributed by atoms with Gasteiger partial charge in [-0.3, -0.25) is 0 Å². The second-order valence-electron chi connectivity index (χ2n) is 7.09. The molecule has 0 spiro atoms. The summed E-state index contributed by atoms with van der Waals surface area (Å²) in [4.78, 5) is 0. The molecule has 1 aliphatic carbocycles. The Morgan fingerprint density at radius 1 is 0.765 bits per heavy atom. The van der Waals surface area contributed by atoms with E-state index in [1.165, 1.54) is 57.8 Å². The summed E-state index contributed by atoms with van der Waals surface area (Å²) in [6, 6.07) is 0. The molecule has 1 saturated carbocycles. The monoisotopic (exact) mass is 234 g/mol. The third-order valence-electron chi connectivity index (χ3n) is 4.54. The molecule has 1 rings (SSSR count). The van der Waals surface area contributed by atoms with Gasteiger partial charge in [-0.25, -0.2) is 0 Å². The highest BCUT2D eigenvalue weighted by Crippen LogP contribution is 2.39. The Hall–Kier alpha value is -0.195. The molecule has 0 aromatic heterocycles. The molecule has 0 N–H and O–H groups in total. The number of rotatable bonds is 1. The Bertz CT molecular complexity index is 242. The zero-order valence-electron chi connectivity index (χ0n) is 12.5. The molecule has 98 valence electrons. The van der Waals surface area contributed by atoms with Gasteiger partial charge in [0, 0.05) is 0 Å². The molecule has 17 heavy (non-hydrogen) atoms. The van der Waals surface area contributed by atoms with Crippen LogP contribution in [0.2, 0.25) is 0 Å². The maximum atomic E-state index is 2.46. The van der Waals surface area contributed by atoms with Crippen LogP contribution in [0.5, 0.6) is 0 Å². The lowest BCUT2D eigenvalue weighted by molar-refractivity contribution is 0.236. The van der Waals surface area contributed by atoms with Gasteiger partial charge in [0.2, 0.25) is 0 Å². The van der Waals surface area contributed by atoms with Crippen LogP contribution in [0.4, 0.5) is 0 Å². The average molecular weight is 234 g/mol. The van der Waals surface area contributed by atoms with Crippen molar-refractivity contribution in [1.29, 1.82) is 0 Å². The summed E-state index contributed by atoms with van der Waals surface area (Å²) in [6.07, 6.45) is 15.2. The van der Waals surface area contributed by atoms with E-state index in [1.807, 2.05) is 0 Å². The maximum Gasteiger partial charge on any atom is 0.129 e. The lowest BCUT2D eigenvalue weighted by Crippen LogP contribution is -2.19. The fourth-order valence-corrected chi connectivity index (χ4v) is 3.11. The molecule has 1 heteroatoms. The number of allylic oxidation sites excluding steroid dienone is 1. The van der Waals surface area contributed by atoms with E-state index in [-0.39, 0.29) is 0 Å². The summed E-state index contributed by atoms with van der Waals surface area (Å²) >= 11 is 0. The van der Waals surface area contributed by atoms with Gasteiger partial charge in [0.1, 0.15) is 7.85 Å². The van der Waals surface area contributed by atoms with Gasteiger partial charge in [0.05, 0.1) is 0 Å². The Morgan fingerprint density at radius 3 is 2.00 bits per heavy atom. The minimum atomic E-state index is 0.455. The normalized spacial score (nSPS) is 32.2. The van der Waals surface area contributed by atoms with Crippen LogP contribution in [0, 0.1) is 10.8 Å². The van der Waals surface area contributed by atoms with E-state index in [4.69, 9.17) is 0 Å². The minimum Gasteiger partial charge on any atom is -0.127 e. The molecule has 0 heterocycles. The van der Waals surface area contributed by atoms with Gasteiger partial charge in [0.25, 0.3) is 0 Å². The molecule has 0 aromatic rings. The smallest absolute Gasteiger partial charge is 0.127 e. The maximum absolute atomic E-state index is 2.46. The molecule has 1 aliphatic rings. The zero-order chi connectivity index (χ0) is 12.8. The molecule has 1 fully saturated rings. The first-order chi connectivity index (χ1) is 7.97. The number of hydrogen-bond donors (Lipinski definition) is 0. The van der Waals surface area contributed by atoms with E-state index in [2.05, 4.69) is 40.7 Å². The first-order valence-electron chi connectivity index (χ1n) is 7.61. The summed E-state index contributed by atoms with van der Waals surface area (Å²) in [5.74, 6) is 2.26. The molecule has 0 radical (unpaired) electrons. The van der Waals surface area contributed by atoms with Crippen molar-refractivity contribution < 1.29 is 0 Å². The van der Waals surface area contributed by atoms with Gasteiger partial charge in [-0.2, -0.15) is 0 Å². The summed E-state index contributed by atoms with van der Waals surface area (Å²) in [5.41, 5.74) is 1.00. The van der Waals surface area contributed by atoms with Crippen molar-refractivity contribution in [3.05, 3.63) is 12.1 Å². The van der Waals surface area contributed by atoms with Crippen LogP contribution in [0.1, 0.15) is 78.6 Å². The van der Waals surface area contributed by atoms with E-state index < -0.39 is 0 Å². The molecule has 1 atom stereocenters.